The van der Waals surface area contributed by atoms with Crippen LogP contribution in [-0.4, -0.2) is 84.1 Å². The fourth-order valence-corrected chi connectivity index (χ4v) is 8.44. The minimum Gasteiger partial charge on any atom is -0.460 e. The molecular formula is C53H80FN7O10. The van der Waals surface area contributed by atoms with Crippen LogP contribution in [0, 0.1) is 43.8 Å². The average molecular weight is 994 g/mol. The zero-order valence-electron chi connectivity index (χ0n) is 43.5. The Kier molecular flexibility index (Phi) is 23.8. The second-order valence-electron chi connectivity index (χ2n) is 21.3. The number of carbonyl (C=O) groups is 3. The topological polar surface area (TPSA) is 222 Å². The second-order valence-corrected chi connectivity index (χ2v) is 21.3. The summed E-state index contributed by atoms with van der Waals surface area (Å²) in [5.74, 6) is 0.596. The van der Waals surface area contributed by atoms with E-state index in [1.165, 1.54) is 50.3 Å². The highest BCUT2D eigenvalue weighted by atomic mass is 19.1. The molecule has 1 aliphatic carbocycles. The minimum atomic E-state index is -0.799. The van der Waals surface area contributed by atoms with E-state index in [1.807, 2.05) is 91.5 Å². The summed E-state index contributed by atoms with van der Waals surface area (Å²) in [6, 6.07) is 19.7. The Bertz CT molecular complexity index is 2150. The van der Waals surface area contributed by atoms with Gasteiger partial charge in [-0.2, -0.15) is 4.39 Å². The van der Waals surface area contributed by atoms with Crippen LogP contribution in [0.4, 0.5) is 42.4 Å². The number of amides is 2. The molecule has 0 aromatic heterocycles. The van der Waals surface area contributed by atoms with Gasteiger partial charge in [-0.1, -0.05) is 68.5 Å². The van der Waals surface area contributed by atoms with Crippen LogP contribution in [-0.2, 0) is 19.0 Å². The number of halogens is 1. The van der Waals surface area contributed by atoms with Gasteiger partial charge in [0.2, 0.25) is 5.82 Å². The lowest BCUT2D eigenvalue weighted by atomic mass is 9.86. The highest BCUT2D eigenvalue weighted by Crippen LogP contribution is 2.32. The summed E-state index contributed by atoms with van der Waals surface area (Å²) >= 11 is 0. The van der Waals surface area contributed by atoms with Crippen molar-refractivity contribution < 1.29 is 42.8 Å². The van der Waals surface area contributed by atoms with Crippen LogP contribution < -0.4 is 26.2 Å². The van der Waals surface area contributed by atoms with E-state index >= 15 is 0 Å². The molecular weight excluding hydrogens is 914 g/mol. The molecule has 6 rings (SSSR count). The molecule has 2 heterocycles. The molecule has 3 aromatic rings. The van der Waals surface area contributed by atoms with Crippen molar-refractivity contribution in [1.29, 1.82) is 0 Å². The molecule has 2 saturated heterocycles. The zero-order chi connectivity index (χ0) is 52.8. The summed E-state index contributed by atoms with van der Waals surface area (Å²) in [4.78, 5) is 59.4. The molecule has 0 spiro atoms. The Labute approximate surface area is 420 Å². The van der Waals surface area contributed by atoms with Crippen LogP contribution in [0.15, 0.2) is 72.8 Å². The lowest BCUT2D eigenvalue weighted by Crippen LogP contribution is -2.42. The number of nitro groups is 2. The number of nitro benzene ring substituents is 2. The van der Waals surface area contributed by atoms with E-state index in [1.54, 1.807) is 12.1 Å². The summed E-state index contributed by atoms with van der Waals surface area (Å²) in [6.07, 6.45) is 11.7. The van der Waals surface area contributed by atoms with E-state index < -0.39 is 33.7 Å². The highest BCUT2D eigenvalue weighted by molar-refractivity contribution is 5.70. The fourth-order valence-electron chi connectivity index (χ4n) is 8.44. The number of nitrogens with zero attached hydrogens (tertiary/aromatic N) is 4. The fraction of sp³-hybridized carbons (Fsp3) is 0.604. The van der Waals surface area contributed by atoms with Gasteiger partial charge in [0.25, 0.3) is 5.69 Å². The van der Waals surface area contributed by atoms with Gasteiger partial charge in [0.05, 0.1) is 21.2 Å². The van der Waals surface area contributed by atoms with Crippen LogP contribution in [0.2, 0.25) is 0 Å². The third kappa shape index (κ3) is 24.0. The van der Waals surface area contributed by atoms with Crippen molar-refractivity contribution >= 4 is 46.6 Å². The number of nitrogens with two attached hydrogens (primary N) is 1. The molecule has 71 heavy (non-hydrogen) atoms. The van der Waals surface area contributed by atoms with Crippen LogP contribution in [0.3, 0.4) is 0 Å². The number of hydrogen-bond donors (Lipinski definition) is 3. The van der Waals surface area contributed by atoms with E-state index in [-0.39, 0.29) is 34.2 Å². The number of hydrogen-bond acceptors (Lipinski definition) is 13. The van der Waals surface area contributed by atoms with E-state index in [4.69, 9.17) is 19.9 Å². The smallest absolute Gasteiger partial charge is 0.407 e. The standard InChI is InChI=1S/C17H25N3O4.C17H27N3O2.C13H24O2.C6H4FNO2/c1-17(2,3)24-16(21)18-11-13-7-6-10-19(12-13)14-8-4-5-9-15(14)20(22)23;1-17(2,3)22-16(21)19-11-13-7-6-10-20(12-13)15-9-5-4-8-14(15)18;1-13(2,3)15-12(14)10-9-11-7-5-4-6-8-11;7-5-3-1-2-4-6(5)8(9)10/h4-5,8-9,13H,6-7,10-12H2,1-3H3,(H,18,21);4-5,8-9,13H,6-7,10-12,18H2,1-3H3,(H,19,21);11H,4-10H2,1-3H3;1-4H. The Morgan fingerprint density at radius 1 is 0.606 bits per heavy atom. The number of para-hydroxylation sites is 5. The van der Waals surface area contributed by atoms with Crippen LogP contribution >= 0.6 is 0 Å². The summed E-state index contributed by atoms with van der Waals surface area (Å²) in [6.45, 7) is 21.4. The third-order valence-corrected chi connectivity index (χ3v) is 11.6. The first-order valence-electron chi connectivity index (χ1n) is 24.9. The first kappa shape index (κ1) is 59.1. The van der Waals surface area contributed by atoms with Crippen LogP contribution in [0.1, 0.15) is 133 Å². The number of esters is 1. The number of nitrogen functional groups attached to an aromatic ring is 1. The Morgan fingerprint density at radius 3 is 1.48 bits per heavy atom. The number of anilines is 3. The van der Waals surface area contributed by atoms with Crippen molar-refractivity contribution in [2.45, 2.75) is 150 Å². The van der Waals surface area contributed by atoms with Crippen LogP contribution in [0.5, 0.6) is 0 Å². The van der Waals surface area contributed by atoms with Gasteiger partial charge in [-0.25, -0.2) is 9.59 Å². The largest absolute Gasteiger partial charge is 0.460 e. The normalized spacial score (nSPS) is 17.3. The molecule has 0 radical (unpaired) electrons. The van der Waals surface area contributed by atoms with Gasteiger partial charge in [-0.15, -0.1) is 0 Å². The van der Waals surface area contributed by atoms with E-state index in [0.29, 0.717) is 37.7 Å². The molecule has 3 aliphatic rings. The molecule has 394 valence electrons. The number of benzene rings is 3. The quantitative estimate of drug-likeness (QED) is 0.0535. The number of alkyl carbamates (subject to hydrolysis) is 2. The molecule has 2 amide bonds. The van der Waals surface area contributed by atoms with Gasteiger partial charge in [0, 0.05) is 57.8 Å². The van der Waals surface area contributed by atoms with Gasteiger partial charge in [0.15, 0.2) is 0 Å². The second kappa shape index (κ2) is 28.6. The monoisotopic (exact) mass is 994 g/mol. The summed E-state index contributed by atoms with van der Waals surface area (Å²) in [5.41, 5.74) is 6.93. The molecule has 2 unspecified atom stereocenters. The zero-order valence-corrected chi connectivity index (χ0v) is 43.5. The maximum absolute atomic E-state index is 12.4. The van der Waals surface area contributed by atoms with Gasteiger partial charge in [-0.3, -0.25) is 25.0 Å². The van der Waals surface area contributed by atoms with Gasteiger partial charge < -0.3 is 40.4 Å². The molecule has 1 saturated carbocycles. The van der Waals surface area contributed by atoms with E-state index in [2.05, 4.69) is 21.6 Å². The Balaban J connectivity index is 0.000000262. The lowest BCUT2D eigenvalue weighted by molar-refractivity contribution is -0.387. The maximum Gasteiger partial charge on any atom is 0.407 e. The number of piperidine rings is 2. The molecule has 17 nitrogen and oxygen atoms in total. The SMILES string of the molecule is CC(C)(C)OC(=O)CCC1CCCCC1.CC(C)(C)OC(=O)NCC1CCCN(c2ccccc2N)C1.CC(C)(C)OC(=O)NCC1CCCN(c2ccccc2[N+](=O)[O-])C1.O=[N+]([O-])c1ccccc1F. The van der Waals surface area contributed by atoms with Gasteiger partial charge in [-0.05, 0) is 136 Å². The predicted molar refractivity (Wildman–Crippen MR) is 277 cm³/mol. The number of nitrogens with one attached hydrogen (secondary N) is 2. The van der Waals surface area contributed by atoms with E-state index in [9.17, 15) is 39.0 Å². The molecule has 18 heteroatoms. The molecule has 3 fully saturated rings. The molecule has 2 atom stereocenters. The molecule has 3 aromatic carbocycles. The number of rotatable bonds is 11. The Morgan fingerprint density at radius 2 is 1.03 bits per heavy atom. The highest BCUT2D eigenvalue weighted by Gasteiger charge is 2.27. The Hall–Kier alpha value is -6.20. The number of carbonyl (C=O) groups excluding carboxylic acids is 3. The van der Waals surface area contributed by atoms with Crippen molar-refractivity contribution in [3.63, 3.8) is 0 Å². The van der Waals surface area contributed by atoms with Crippen molar-refractivity contribution in [2.24, 2.45) is 17.8 Å². The molecule has 0 bridgehead atoms. The predicted octanol–water partition coefficient (Wildman–Crippen LogP) is 11.8. The summed E-state index contributed by atoms with van der Waals surface area (Å²) in [5, 5.41) is 26.9. The minimum absolute atomic E-state index is 0.0342. The van der Waals surface area contributed by atoms with Gasteiger partial charge >= 0.3 is 23.8 Å². The van der Waals surface area contributed by atoms with Crippen molar-refractivity contribution in [3.05, 3.63) is 98.8 Å². The summed E-state index contributed by atoms with van der Waals surface area (Å²) in [7, 11) is 0. The first-order valence-corrected chi connectivity index (χ1v) is 24.9. The van der Waals surface area contributed by atoms with Crippen molar-refractivity contribution in [2.75, 3.05) is 54.8 Å². The average Bonchev–Trinajstić information content (AvgIpc) is 3.29. The maximum atomic E-state index is 12.4. The van der Waals surface area contributed by atoms with E-state index in [0.717, 1.165) is 81.2 Å². The third-order valence-electron chi connectivity index (χ3n) is 11.6. The summed E-state index contributed by atoms with van der Waals surface area (Å²) < 4.78 is 28.2. The lowest BCUT2D eigenvalue weighted by Gasteiger charge is -2.35. The number of ether oxygens (including phenoxy) is 3. The first-order chi connectivity index (χ1) is 33.3. The molecule has 2 aliphatic heterocycles. The van der Waals surface area contributed by atoms with Gasteiger partial charge in [0.1, 0.15) is 22.5 Å². The van der Waals surface area contributed by atoms with Crippen molar-refractivity contribution in [1.82, 2.24) is 10.6 Å². The van der Waals surface area contributed by atoms with Crippen LogP contribution in [0.25, 0.3) is 0 Å². The molecule has 4 N–H and O–H groups in total. The van der Waals surface area contributed by atoms with Crippen molar-refractivity contribution in [3.8, 4) is 0 Å².